The molecule has 0 aliphatic carbocycles. The van der Waals surface area contributed by atoms with Crippen molar-refractivity contribution in [2.24, 2.45) is 5.73 Å². The number of benzene rings is 2. The molecule has 1 unspecified atom stereocenters. The number of anilines is 1. The molecule has 32 heavy (non-hydrogen) atoms. The van der Waals surface area contributed by atoms with Gasteiger partial charge in [0.15, 0.2) is 0 Å². The fourth-order valence-corrected chi connectivity index (χ4v) is 4.10. The van der Waals surface area contributed by atoms with Crippen molar-refractivity contribution in [3.05, 3.63) is 86.5 Å². The second-order valence-electron chi connectivity index (χ2n) is 6.89. The normalized spacial score (nSPS) is 16.0. The van der Waals surface area contributed by atoms with Crippen molar-refractivity contribution < 1.29 is 23.5 Å². The van der Waals surface area contributed by atoms with Gasteiger partial charge >= 0.3 is 11.9 Å². The van der Waals surface area contributed by atoms with E-state index in [1.54, 1.807) is 37.3 Å². The van der Waals surface area contributed by atoms with E-state index < -0.39 is 23.7 Å². The zero-order chi connectivity index (χ0) is 23.6. The van der Waals surface area contributed by atoms with Gasteiger partial charge < -0.3 is 15.2 Å². The lowest BCUT2D eigenvalue weighted by Crippen LogP contribution is -2.41. The van der Waals surface area contributed by atoms with Crippen molar-refractivity contribution in [2.45, 2.75) is 12.8 Å². The van der Waals surface area contributed by atoms with Crippen LogP contribution >= 0.6 is 15.9 Å². The summed E-state index contributed by atoms with van der Waals surface area (Å²) in [7, 11) is 2.31. The number of hydrogen-bond donors (Lipinski definition) is 1. The summed E-state index contributed by atoms with van der Waals surface area (Å²) in [6.07, 6.45) is 0. The largest absolute Gasteiger partial charge is 0.466 e. The van der Waals surface area contributed by atoms with Crippen molar-refractivity contribution in [1.82, 2.24) is 0 Å². The molecule has 0 fully saturated rings. The summed E-state index contributed by atoms with van der Waals surface area (Å²) in [5.74, 6) is -3.47. The Morgan fingerprint density at radius 3 is 2.34 bits per heavy atom. The third kappa shape index (κ3) is 3.85. The lowest BCUT2D eigenvalue weighted by atomic mass is 9.80. The Bertz CT molecular complexity index is 1200. The quantitative estimate of drug-likeness (QED) is 0.637. The van der Waals surface area contributed by atoms with E-state index in [0.29, 0.717) is 11.1 Å². The summed E-state index contributed by atoms with van der Waals surface area (Å²) < 4.78 is 24.6. The molecule has 0 aromatic heterocycles. The predicted octanol–water partition coefficient (Wildman–Crippen LogP) is 3.79. The van der Waals surface area contributed by atoms with E-state index in [1.807, 2.05) is 6.07 Å². The number of halogens is 2. The van der Waals surface area contributed by atoms with Gasteiger partial charge in [-0.25, -0.2) is 14.0 Å². The van der Waals surface area contributed by atoms with Crippen LogP contribution in [0.2, 0.25) is 0 Å². The minimum Gasteiger partial charge on any atom is -0.466 e. The number of methoxy groups -OCH3 is 2. The SMILES string of the molecule is COC(=O)C1=C(C(=O)OC)N(c2cc(F)c(Br)cc2C)C(N)=C(C#N)C1c1ccccc1. The minimum absolute atomic E-state index is 0.00646. The number of hydrogen-bond acceptors (Lipinski definition) is 7. The highest BCUT2D eigenvalue weighted by Crippen LogP contribution is 2.44. The molecule has 9 heteroatoms. The van der Waals surface area contributed by atoms with E-state index >= 15 is 0 Å². The molecule has 2 aromatic rings. The van der Waals surface area contributed by atoms with Crippen LogP contribution in [-0.2, 0) is 19.1 Å². The summed E-state index contributed by atoms with van der Waals surface area (Å²) in [5.41, 5.74) is 7.25. The first-order valence-electron chi connectivity index (χ1n) is 9.38. The summed E-state index contributed by atoms with van der Waals surface area (Å²) in [6.45, 7) is 1.68. The van der Waals surface area contributed by atoms with E-state index in [2.05, 4.69) is 15.9 Å². The molecular formula is C23H19BrFN3O4. The van der Waals surface area contributed by atoms with Crippen LogP contribution < -0.4 is 10.6 Å². The number of nitrogens with two attached hydrogens (primary N) is 1. The van der Waals surface area contributed by atoms with Crippen molar-refractivity contribution in [3.63, 3.8) is 0 Å². The molecule has 1 heterocycles. The van der Waals surface area contributed by atoms with Gasteiger partial charge in [-0.2, -0.15) is 5.26 Å². The van der Waals surface area contributed by atoms with Crippen molar-refractivity contribution in [2.75, 3.05) is 19.1 Å². The molecule has 0 spiro atoms. The van der Waals surface area contributed by atoms with Crippen LogP contribution in [0.4, 0.5) is 10.1 Å². The maximum absolute atomic E-state index is 14.5. The molecule has 164 valence electrons. The summed E-state index contributed by atoms with van der Waals surface area (Å²) in [4.78, 5) is 27.1. The molecule has 0 amide bonds. The monoisotopic (exact) mass is 499 g/mol. The molecule has 1 atom stereocenters. The fraction of sp³-hybridized carbons (Fsp3) is 0.174. The molecule has 0 radical (unpaired) electrons. The highest BCUT2D eigenvalue weighted by molar-refractivity contribution is 9.10. The molecule has 1 aliphatic heterocycles. The third-order valence-electron chi connectivity index (χ3n) is 5.09. The Balaban J connectivity index is 2.46. The van der Waals surface area contributed by atoms with Crippen molar-refractivity contribution in [1.29, 1.82) is 5.26 Å². The second-order valence-corrected chi connectivity index (χ2v) is 7.74. The van der Waals surface area contributed by atoms with Crippen molar-refractivity contribution >= 4 is 33.6 Å². The van der Waals surface area contributed by atoms with Gasteiger partial charge in [0, 0.05) is 0 Å². The van der Waals surface area contributed by atoms with Gasteiger partial charge in [0.1, 0.15) is 17.3 Å². The van der Waals surface area contributed by atoms with Crippen LogP contribution in [-0.4, -0.2) is 26.2 Å². The number of carbonyl (C=O) groups excluding carboxylic acids is 2. The average molecular weight is 500 g/mol. The van der Waals surface area contributed by atoms with Gasteiger partial charge in [0.25, 0.3) is 0 Å². The molecule has 1 aliphatic rings. The number of rotatable bonds is 4. The highest BCUT2D eigenvalue weighted by atomic mass is 79.9. The van der Waals surface area contributed by atoms with Gasteiger partial charge in [-0.1, -0.05) is 30.3 Å². The Morgan fingerprint density at radius 1 is 1.16 bits per heavy atom. The maximum atomic E-state index is 14.5. The van der Waals surface area contributed by atoms with Gasteiger partial charge in [-0.05, 0) is 46.1 Å². The van der Waals surface area contributed by atoms with Gasteiger partial charge in [0.2, 0.25) is 0 Å². The van der Waals surface area contributed by atoms with E-state index in [4.69, 9.17) is 15.2 Å². The first-order chi connectivity index (χ1) is 15.3. The number of ether oxygens (including phenoxy) is 2. The van der Waals surface area contributed by atoms with E-state index in [9.17, 15) is 19.2 Å². The van der Waals surface area contributed by atoms with E-state index in [1.165, 1.54) is 11.0 Å². The Morgan fingerprint density at radius 2 is 1.78 bits per heavy atom. The lowest BCUT2D eigenvalue weighted by Gasteiger charge is -2.36. The van der Waals surface area contributed by atoms with Gasteiger partial charge in [-0.15, -0.1) is 0 Å². The molecule has 3 rings (SSSR count). The molecule has 0 saturated heterocycles. The number of allylic oxidation sites excluding steroid dienone is 1. The Kier molecular flexibility index (Phi) is 6.65. The Hall–Kier alpha value is -3.64. The Labute approximate surface area is 192 Å². The second kappa shape index (κ2) is 9.24. The first kappa shape index (κ1) is 23.0. The minimum atomic E-state index is -0.986. The van der Waals surface area contributed by atoms with Crippen LogP contribution in [0.3, 0.4) is 0 Å². The van der Waals surface area contributed by atoms with Crippen LogP contribution in [0.1, 0.15) is 17.0 Å². The number of nitrogens with zero attached hydrogens (tertiary/aromatic N) is 2. The smallest absolute Gasteiger partial charge is 0.355 e. The topological polar surface area (TPSA) is 106 Å². The fourth-order valence-electron chi connectivity index (χ4n) is 3.64. The van der Waals surface area contributed by atoms with Crippen LogP contribution in [0.25, 0.3) is 0 Å². The lowest BCUT2D eigenvalue weighted by molar-refractivity contribution is -0.139. The average Bonchev–Trinajstić information content (AvgIpc) is 2.80. The highest BCUT2D eigenvalue weighted by Gasteiger charge is 2.43. The molecular weight excluding hydrogens is 481 g/mol. The van der Waals surface area contributed by atoms with Crippen LogP contribution in [0, 0.1) is 24.1 Å². The third-order valence-corrected chi connectivity index (χ3v) is 5.70. The first-order valence-corrected chi connectivity index (χ1v) is 10.2. The predicted molar refractivity (Wildman–Crippen MR) is 118 cm³/mol. The summed E-state index contributed by atoms with van der Waals surface area (Å²) >= 11 is 3.12. The van der Waals surface area contributed by atoms with Crippen LogP contribution in [0.5, 0.6) is 0 Å². The zero-order valence-electron chi connectivity index (χ0n) is 17.5. The summed E-state index contributed by atoms with van der Waals surface area (Å²) in [6, 6.07) is 13.3. The standard InChI is InChI=1S/C23H19BrFN3O4/c1-12-9-15(24)16(25)10-17(12)28-20(23(30)32-3)19(22(29)31-2)18(14(11-26)21(28)27)13-7-5-4-6-8-13/h4-10,18H,27H2,1-3H3. The van der Waals surface area contributed by atoms with Crippen molar-refractivity contribution in [3.8, 4) is 6.07 Å². The number of carbonyl (C=O) groups is 2. The molecule has 0 bridgehead atoms. The number of aryl methyl sites for hydroxylation is 1. The van der Waals surface area contributed by atoms with Crippen LogP contribution in [0.15, 0.2) is 69.6 Å². The zero-order valence-corrected chi connectivity index (χ0v) is 19.1. The molecule has 7 nitrogen and oxygen atoms in total. The number of esters is 2. The maximum Gasteiger partial charge on any atom is 0.355 e. The molecule has 2 N–H and O–H groups in total. The molecule has 0 saturated carbocycles. The van der Waals surface area contributed by atoms with E-state index in [0.717, 1.165) is 20.3 Å². The summed E-state index contributed by atoms with van der Waals surface area (Å²) in [5, 5.41) is 9.99. The van der Waals surface area contributed by atoms with Gasteiger partial charge in [0.05, 0.1) is 47.5 Å². The molecule has 2 aromatic carbocycles. The van der Waals surface area contributed by atoms with E-state index in [-0.39, 0.29) is 32.8 Å². The van der Waals surface area contributed by atoms with Gasteiger partial charge in [-0.3, -0.25) is 4.90 Å². The number of nitriles is 1.